The van der Waals surface area contributed by atoms with Gasteiger partial charge >= 0.3 is 11.8 Å². The molecule has 2 amide bonds. The van der Waals surface area contributed by atoms with Gasteiger partial charge in [-0.15, -0.1) is 0 Å². The highest BCUT2D eigenvalue weighted by molar-refractivity contribution is 6.39. The van der Waals surface area contributed by atoms with Gasteiger partial charge in [-0.05, 0) is 48.7 Å². The molecule has 0 fully saturated rings. The molecule has 0 atom stereocenters. The largest absolute Gasteiger partial charge is 0.493 e. The van der Waals surface area contributed by atoms with E-state index >= 15 is 0 Å². The lowest BCUT2D eigenvalue weighted by atomic mass is 10.1. The molecule has 2 aromatic rings. The van der Waals surface area contributed by atoms with Gasteiger partial charge in [-0.1, -0.05) is 23.7 Å². The van der Waals surface area contributed by atoms with Crippen LogP contribution in [-0.2, 0) is 9.59 Å². The monoisotopic (exact) mass is 389 g/mol. The molecular weight excluding hydrogens is 370 g/mol. The average Bonchev–Trinajstić information content (AvgIpc) is 2.64. The summed E-state index contributed by atoms with van der Waals surface area (Å²) in [6, 6.07) is 8.67. The molecule has 0 saturated heterocycles. The van der Waals surface area contributed by atoms with Gasteiger partial charge < -0.3 is 14.8 Å². The number of nitrogens with one attached hydrogen (secondary N) is 2. The fourth-order valence-electron chi connectivity index (χ4n) is 2.29. The van der Waals surface area contributed by atoms with Crippen molar-refractivity contribution in [3.05, 3.63) is 52.0 Å². The highest BCUT2D eigenvalue weighted by Gasteiger charge is 2.14. The molecular formula is C19H20ClN3O4. The Bertz CT molecular complexity index is 897. The Morgan fingerprint density at radius 2 is 1.85 bits per heavy atom. The van der Waals surface area contributed by atoms with E-state index in [1.54, 1.807) is 24.3 Å². The molecule has 0 aliphatic heterocycles. The van der Waals surface area contributed by atoms with E-state index in [9.17, 15) is 9.59 Å². The topological polar surface area (TPSA) is 89.0 Å². The van der Waals surface area contributed by atoms with Crippen LogP contribution in [0.25, 0.3) is 0 Å². The van der Waals surface area contributed by atoms with E-state index in [1.165, 1.54) is 20.4 Å². The normalized spacial score (nSPS) is 10.6. The van der Waals surface area contributed by atoms with Gasteiger partial charge in [-0.25, -0.2) is 5.43 Å². The Hall–Kier alpha value is -3.06. The van der Waals surface area contributed by atoms with Gasteiger partial charge in [-0.3, -0.25) is 9.59 Å². The van der Waals surface area contributed by atoms with Crippen LogP contribution in [-0.4, -0.2) is 32.2 Å². The summed E-state index contributed by atoms with van der Waals surface area (Å²) >= 11 is 6.11. The number of benzene rings is 2. The molecule has 0 aliphatic rings. The summed E-state index contributed by atoms with van der Waals surface area (Å²) < 4.78 is 10.3. The standard InChI is InChI=1S/C19H20ClN3O4/c1-11-6-5-7-15(12(11)2)22-18(24)19(25)23-21-10-13-8-14(20)17(27-4)16(9-13)26-3/h5-10H,1-4H3,(H,22,24)(H,23,25)/b21-10-. The molecule has 0 radical (unpaired) electrons. The number of amides is 2. The predicted molar refractivity (Wildman–Crippen MR) is 105 cm³/mol. The molecule has 0 heterocycles. The van der Waals surface area contributed by atoms with E-state index in [2.05, 4.69) is 15.8 Å². The maximum atomic E-state index is 12.0. The van der Waals surface area contributed by atoms with Crippen LogP contribution >= 0.6 is 11.6 Å². The van der Waals surface area contributed by atoms with Gasteiger partial charge in [0.15, 0.2) is 11.5 Å². The number of hydrazone groups is 1. The van der Waals surface area contributed by atoms with Crippen LogP contribution < -0.4 is 20.2 Å². The summed E-state index contributed by atoms with van der Waals surface area (Å²) in [5.41, 5.74) is 5.21. The summed E-state index contributed by atoms with van der Waals surface area (Å²) in [5, 5.41) is 6.67. The smallest absolute Gasteiger partial charge is 0.329 e. The molecule has 2 rings (SSSR count). The van der Waals surface area contributed by atoms with Crippen molar-refractivity contribution < 1.29 is 19.1 Å². The molecule has 142 valence electrons. The number of carbonyl (C=O) groups is 2. The Morgan fingerprint density at radius 3 is 2.52 bits per heavy atom. The predicted octanol–water partition coefficient (Wildman–Crippen LogP) is 3.06. The van der Waals surface area contributed by atoms with E-state index in [0.717, 1.165) is 11.1 Å². The number of ether oxygens (including phenoxy) is 2. The Kier molecular flexibility index (Phi) is 6.79. The number of hydrogen-bond donors (Lipinski definition) is 2. The SMILES string of the molecule is COc1cc(/C=N\NC(=O)C(=O)Nc2cccc(C)c2C)cc(Cl)c1OC. The van der Waals surface area contributed by atoms with Crippen LogP contribution in [0.4, 0.5) is 5.69 Å². The molecule has 0 aliphatic carbocycles. The quantitative estimate of drug-likeness (QED) is 0.467. The first-order valence-corrected chi connectivity index (χ1v) is 8.37. The molecule has 8 heteroatoms. The third kappa shape index (κ3) is 4.98. The third-order valence-electron chi connectivity index (χ3n) is 3.89. The molecule has 2 N–H and O–H groups in total. The molecule has 0 saturated carbocycles. The highest BCUT2D eigenvalue weighted by Crippen LogP contribution is 2.35. The summed E-state index contributed by atoms with van der Waals surface area (Å²) in [4.78, 5) is 23.9. The summed E-state index contributed by atoms with van der Waals surface area (Å²) in [6.07, 6.45) is 1.34. The van der Waals surface area contributed by atoms with Gasteiger partial charge in [0.05, 0.1) is 25.5 Å². The van der Waals surface area contributed by atoms with Crippen molar-refractivity contribution in [2.45, 2.75) is 13.8 Å². The lowest BCUT2D eigenvalue weighted by Crippen LogP contribution is -2.32. The Morgan fingerprint density at radius 1 is 1.11 bits per heavy atom. The van der Waals surface area contributed by atoms with E-state index < -0.39 is 11.8 Å². The van der Waals surface area contributed by atoms with E-state index in [4.69, 9.17) is 21.1 Å². The summed E-state index contributed by atoms with van der Waals surface area (Å²) in [7, 11) is 2.96. The first kappa shape index (κ1) is 20.3. The van der Waals surface area contributed by atoms with Crippen LogP contribution in [0.5, 0.6) is 11.5 Å². The summed E-state index contributed by atoms with van der Waals surface area (Å²) in [6.45, 7) is 3.78. The Balaban J connectivity index is 2.03. The van der Waals surface area contributed by atoms with Crippen molar-refractivity contribution in [2.24, 2.45) is 5.10 Å². The van der Waals surface area contributed by atoms with Crippen molar-refractivity contribution in [2.75, 3.05) is 19.5 Å². The number of methoxy groups -OCH3 is 2. The van der Waals surface area contributed by atoms with Crippen LogP contribution in [0.2, 0.25) is 5.02 Å². The lowest BCUT2D eigenvalue weighted by molar-refractivity contribution is -0.136. The first-order valence-electron chi connectivity index (χ1n) is 7.99. The van der Waals surface area contributed by atoms with Crippen molar-refractivity contribution >= 4 is 35.3 Å². The van der Waals surface area contributed by atoms with E-state index in [1.807, 2.05) is 19.9 Å². The van der Waals surface area contributed by atoms with Crippen molar-refractivity contribution in [1.82, 2.24) is 5.43 Å². The zero-order valence-electron chi connectivity index (χ0n) is 15.4. The number of halogens is 1. The van der Waals surface area contributed by atoms with Crippen LogP contribution in [0.15, 0.2) is 35.4 Å². The number of carbonyl (C=O) groups excluding carboxylic acids is 2. The number of rotatable bonds is 5. The number of aryl methyl sites for hydroxylation is 1. The molecule has 7 nitrogen and oxygen atoms in total. The van der Waals surface area contributed by atoms with Gasteiger partial charge in [0.1, 0.15) is 0 Å². The van der Waals surface area contributed by atoms with E-state index in [-0.39, 0.29) is 0 Å². The molecule has 2 aromatic carbocycles. The molecule has 0 spiro atoms. The molecule has 0 aromatic heterocycles. The van der Waals surface area contributed by atoms with Crippen molar-refractivity contribution in [3.8, 4) is 11.5 Å². The molecule has 27 heavy (non-hydrogen) atoms. The van der Waals surface area contributed by atoms with Crippen LogP contribution in [0.3, 0.4) is 0 Å². The van der Waals surface area contributed by atoms with Gasteiger partial charge in [0.2, 0.25) is 0 Å². The zero-order chi connectivity index (χ0) is 20.0. The van der Waals surface area contributed by atoms with Gasteiger partial charge in [0.25, 0.3) is 0 Å². The Labute approximate surface area is 162 Å². The van der Waals surface area contributed by atoms with Gasteiger partial charge in [0, 0.05) is 5.69 Å². The fraction of sp³-hybridized carbons (Fsp3) is 0.211. The number of anilines is 1. The zero-order valence-corrected chi connectivity index (χ0v) is 16.2. The second-order valence-electron chi connectivity index (χ2n) is 5.64. The second-order valence-corrected chi connectivity index (χ2v) is 6.05. The fourth-order valence-corrected chi connectivity index (χ4v) is 2.59. The molecule has 0 unspecified atom stereocenters. The number of nitrogens with zero attached hydrogens (tertiary/aromatic N) is 1. The third-order valence-corrected chi connectivity index (χ3v) is 4.18. The average molecular weight is 390 g/mol. The van der Waals surface area contributed by atoms with Crippen molar-refractivity contribution in [1.29, 1.82) is 0 Å². The lowest BCUT2D eigenvalue weighted by Gasteiger charge is -2.10. The van der Waals surface area contributed by atoms with Crippen LogP contribution in [0, 0.1) is 13.8 Å². The molecule has 0 bridgehead atoms. The highest BCUT2D eigenvalue weighted by atomic mass is 35.5. The minimum atomic E-state index is -0.890. The maximum absolute atomic E-state index is 12.0. The second kappa shape index (κ2) is 9.05. The van der Waals surface area contributed by atoms with E-state index in [0.29, 0.717) is 27.8 Å². The maximum Gasteiger partial charge on any atom is 0.329 e. The van der Waals surface area contributed by atoms with Gasteiger partial charge in [-0.2, -0.15) is 5.10 Å². The van der Waals surface area contributed by atoms with Crippen molar-refractivity contribution in [3.63, 3.8) is 0 Å². The summed E-state index contributed by atoms with van der Waals surface area (Å²) in [5.74, 6) is -0.886. The van der Waals surface area contributed by atoms with Crippen LogP contribution in [0.1, 0.15) is 16.7 Å². The first-order chi connectivity index (χ1) is 12.9. The minimum Gasteiger partial charge on any atom is -0.493 e. The minimum absolute atomic E-state index is 0.331. The number of hydrogen-bond acceptors (Lipinski definition) is 5.